The Labute approximate surface area is 185 Å². The number of hydrogen-bond acceptors (Lipinski definition) is 2. The Morgan fingerprint density at radius 2 is 1.81 bits per heavy atom. The average molecular weight is 422 g/mol. The minimum Gasteiger partial charge on any atom is -0.341 e. The Bertz CT molecular complexity index is 905. The van der Waals surface area contributed by atoms with Gasteiger partial charge in [0.2, 0.25) is 5.91 Å². The Balaban J connectivity index is 1.22. The van der Waals surface area contributed by atoms with Crippen LogP contribution in [-0.2, 0) is 11.3 Å². The summed E-state index contributed by atoms with van der Waals surface area (Å²) >= 11 is 0. The molecule has 4 rings (SSSR count). The molecule has 0 aromatic heterocycles. The molecule has 1 N–H and O–H groups in total. The predicted molar refractivity (Wildman–Crippen MR) is 125 cm³/mol. The molecule has 2 aromatic carbocycles. The molecule has 2 unspecified atom stereocenters. The molecule has 5 heteroatoms. The summed E-state index contributed by atoms with van der Waals surface area (Å²) in [6, 6.07) is 15.0. The standard InChI is InChI=1S/C26H35N3O2/c1-28(19-22-12-6-11-20-9-2-4-14-23(20)22)25(30)16-7-17-27-26(31)29-18-8-13-21-10-3-5-15-24(21)29/h2,4,6,9,11-12,14,21,24H,3,5,7-8,10,13,15-19H2,1H3,(H,27,31). The summed E-state index contributed by atoms with van der Waals surface area (Å²) in [5.41, 5.74) is 1.16. The molecule has 2 atom stereocenters. The van der Waals surface area contributed by atoms with Gasteiger partial charge < -0.3 is 15.1 Å². The van der Waals surface area contributed by atoms with Crippen LogP contribution in [0.25, 0.3) is 10.8 Å². The molecule has 0 spiro atoms. The molecule has 0 bridgehead atoms. The van der Waals surface area contributed by atoms with Gasteiger partial charge >= 0.3 is 6.03 Å². The number of fused-ring (bicyclic) bond motifs is 2. The summed E-state index contributed by atoms with van der Waals surface area (Å²) in [4.78, 5) is 29.2. The number of carbonyl (C=O) groups is 2. The first-order valence-corrected chi connectivity index (χ1v) is 11.9. The second kappa shape index (κ2) is 10.2. The van der Waals surface area contributed by atoms with E-state index in [1.807, 2.05) is 25.2 Å². The van der Waals surface area contributed by atoms with Crippen LogP contribution in [0, 0.1) is 5.92 Å². The minimum atomic E-state index is 0.0631. The van der Waals surface area contributed by atoms with Gasteiger partial charge in [0.05, 0.1) is 0 Å². The number of amides is 3. The van der Waals surface area contributed by atoms with Crippen molar-refractivity contribution >= 4 is 22.7 Å². The lowest BCUT2D eigenvalue weighted by atomic mass is 9.78. The van der Waals surface area contributed by atoms with Crippen LogP contribution in [0.4, 0.5) is 4.79 Å². The van der Waals surface area contributed by atoms with Gasteiger partial charge in [-0.15, -0.1) is 0 Å². The van der Waals surface area contributed by atoms with Crippen LogP contribution >= 0.6 is 0 Å². The quantitative estimate of drug-likeness (QED) is 0.672. The van der Waals surface area contributed by atoms with Gasteiger partial charge in [0.15, 0.2) is 0 Å². The molecule has 2 aromatic rings. The van der Waals surface area contributed by atoms with E-state index in [1.165, 1.54) is 36.5 Å². The van der Waals surface area contributed by atoms with Crippen molar-refractivity contribution in [3.05, 3.63) is 48.0 Å². The number of nitrogens with one attached hydrogen (secondary N) is 1. The van der Waals surface area contributed by atoms with E-state index < -0.39 is 0 Å². The predicted octanol–water partition coefficient (Wildman–Crippen LogP) is 4.94. The highest BCUT2D eigenvalue weighted by Crippen LogP contribution is 2.35. The van der Waals surface area contributed by atoms with Gasteiger partial charge in [-0.25, -0.2) is 4.79 Å². The summed E-state index contributed by atoms with van der Waals surface area (Å²) < 4.78 is 0. The minimum absolute atomic E-state index is 0.0631. The molecule has 2 aliphatic rings. The molecule has 31 heavy (non-hydrogen) atoms. The third-order valence-corrected chi connectivity index (χ3v) is 7.06. The van der Waals surface area contributed by atoms with E-state index in [0.29, 0.717) is 37.9 Å². The first-order chi connectivity index (χ1) is 15.1. The molecule has 3 amide bonds. The molecular formula is C26H35N3O2. The number of likely N-dealkylation sites (tertiary alicyclic amines) is 1. The maximum atomic E-state index is 12.7. The highest BCUT2D eigenvalue weighted by Gasteiger charge is 2.35. The normalized spacial score (nSPS) is 20.9. The molecule has 5 nitrogen and oxygen atoms in total. The maximum Gasteiger partial charge on any atom is 0.317 e. The van der Waals surface area contributed by atoms with Crippen molar-refractivity contribution in [2.24, 2.45) is 5.92 Å². The highest BCUT2D eigenvalue weighted by molar-refractivity contribution is 5.86. The van der Waals surface area contributed by atoms with Crippen molar-refractivity contribution in [1.82, 2.24) is 15.1 Å². The zero-order valence-electron chi connectivity index (χ0n) is 18.7. The number of piperidine rings is 1. The van der Waals surface area contributed by atoms with Crippen LogP contribution < -0.4 is 5.32 Å². The summed E-state index contributed by atoms with van der Waals surface area (Å²) in [5.74, 6) is 0.810. The maximum absolute atomic E-state index is 12.7. The monoisotopic (exact) mass is 421 g/mol. The van der Waals surface area contributed by atoms with Gasteiger partial charge in [0.1, 0.15) is 0 Å². The van der Waals surface area contributed by atoms with Crippen LogP contribution in [-0.4, -0.2) is 47.9 Å². The van der Waals surface area contributed by atoms with Crippen LogP contribution in [0.5, 0.6) is 0 Å². The SMILES string of the molecule is CN(Cc1cccc2ccccc12)C(=O)CCCNC(=O)N1CCCC2CCCCC21. The van der Waals surface area contributed by atoms with E-state index >= 15 is 0 Å². The van der Waals surface area contributed by atoms with E-state index in [4.69, 9.17) is 0 Å². The van der Waals surface area contributed by atoms with Crippen molar-refractivity contribution in [2.75, 3.05) is 20.1 Å². The summed E-state index contributed by atoms with van der Waals surface area (Å²) in [6.45, 7) is 2.03. The second-order valence-corrected chi connectivity index (χ2v) is 9.17. The summed E-state index contributed by atoms with van der Waals surface area (Å²) in [5, 5.41) is 5.46. The van der Waals surface area contributed by atoms with Crippen LogP contribution in [0.1, 0.15) is 56.9 Å². The molecule has 0 radical (unpaired) electrons. The lowest BCUT2D eigenvalue weighted by molar-refractivity contribution is -0.130. The van der Waals surface area contributed by atoms with Gasteiger partial charge in [-0.2, -0.15) is 0 Å². The molecule has 1 heterocycles. The molecule has 1 saturated heterocycles. The first kappa shape index (κ1) is 21.7. The van der Waals surface area contributed by atoms with Crippen molar-refractivity contribution in [1.29, 1.82) is 0 Å². The fraction of sp³-hybridized carbons (Fsp3) is 0.538. The summed E-state index contributed by atoms with van der Waals surface area (Å²) in [6.07, 6.45) is 8.48. The number of urea groups is 1. The van der Waals surface area contributed by atoms with E-state index in [0.717, 1.165) is 24.9 Å². The molecule has 166 valence electrons. The fourth-order valence-electron chi connectivity index (χ4n) is 5.38. The number of rotatable bonds is 6. The van der Waals surface area contributed by atoms with Crippen LogP contribution in [0.15, 0.2) is 42.5 Å². The van der Waals surface area contributed by atoms with E-state index in [2.05, 4.69) is 34.5 Å². The Morgan fingerprint density at radius 1 is 1.03 bits per heavy atom. The number of hydrogen-bond donors (Lipinski definition) is 1. The van der Waals surface area contributed by atoms with E-state index in [-0.39, 0.29) is 11.9 Å². The van der Waals surface area contributed by atoms with Crippen molar-refractivity contribution in [3.63, 3.8) is 0 Å². The Kier molecular flexibility index (Phi) is 7.10. The van der Waals surface area contributed by atoms with Gasteiger partial charge in [0, 0.05) is 39.1 Å². The largest absolute Gasteiger partial charge is 0.341 e. The first-order valence-electron chi connectivity index (χ1n) is 11.9. The topological polar surface area (TPSA) is 52.7 Å². The van der Waals surface area contributed by atoms with Gasteiger partial charge in [-0.3, -0.25) is 4.79 Å². The Morgan fingerprint density at radius 3 is 2.71 bits per heavy atom. The van der Waals surface area contributed by atoms with Crippen LogP contribution in [0.3, 0.4) is 0 Å². The number of carbonyl (C=O) groups excluding carboxylic acids is 2. The molecule has 1 aliphatic heterocycles. The molecule has 2 fully saturated rings. The lowest BCUT2D eigenvalue weighted by Gasteiger charge is -2.44. The number of benzene rings is 2. The lowest BCUT2D eigenvalue weighted by Crippen LogP contribution is -2.53. The third kappa shape index (κ3) is 5.20. The van der Waals surface area contributed by atoms with Gasteiger partial charge in [0.25, 0.3) is 0 Å². The van der Waals surface area contributed by atoms with Crippen molar-refractivity contribution < 1.29 is 9.59 Å². The van der Waals surface area contributed by atoms with Crippen molar-refractivity contribution in [3.8, 4) is 0 Å². The third-order valence-electron chi connectivity index (χ3n) is 7.06. The average Bonchev–Trinajstić information content (AvgIpc) is 2.81. The zero-order valence-corrected chi connectivity index (χ0v) is 18.7. The second-order valence-electron chi connectivity index (χ2n) is 9.17. The molecular weight excluding hydrogens is 386 g/mol. The zero-order chi connectivity index (χ0) is 21.6. The van der Waals surface area contributed by atoms with E-state index in [9.17, 15) is 9.59 Å². The molecule has 1 aliphatic carbocycles. The Hall–Kier alpha value is -2.56. The summed E-state index contributed by atoms with van der Waals surface area (Å²) in [7, 11) is 1.86. The molecule has 1 saturated carbocycles. The highest BCUT2D eigenvalue weighted by atomic mass is 16.2. The fourth-order valence-corrected chi connectivity index (χ4v) is 5.38. The van der Waals surface area contributed by atoms with Crippen molar-refractivity contribution in [2.45, 2.75) is 64.0 Å². The van der Waals surface area contributed by atoms with Crippen LogP contribution in [0.2, 0.25) is 0 Å². The number of nitrogens with zero attached hydrogens (tertiary/aromatic N) is 2. The smallest absolute Gasteiger partial charge is 0.317 e. The van der Waals surface area contributed by atoms with Gasteiger partial charge in [-0.1, -0.05) is 55.3 Å². The van der Waals surface area contributed by atoms with E-state index in [1.54, 1.807) is 4.90 Å². The van der Waals surface area contributed by atoms with Gasteiger partial charge in [-0.05, 0) is 54.4 Å².